The van der Waals surface area contributed by atoms with Crippen LogP contribution in [0.2, 0.25) is 0 Å². The van der Waals surface area contributed by atoms with Gasteiger partial charge in [-0.3, -0.25) is 9.35 Å². The molecule has 7 heteroatoms. The third-order valence-corrected chi connectivity index (χ3v) is 12.0. The highest BCUT2D eigenvalue weighted by molar-refractivity contribution is 7.85. The van der Waals surface area contributed by atoms with Crippen LogP contribution in [0.5, 0.6) is 0 Å². The van der Waals surface area contributed by atoms with Crippen LogP contribution < -0.4 is 5.32 Å². The lowest BCUT2D eigenvalue weighted by Crippen LogP contribution is -2.46. The van der Waals surface area contributed by atoms with Crippen LogP contribution >= 0.6 is 0 Å². The van der Waals surface area contributed by atoms with E-state index in [9.17, 15) is 22.9 Å². The lowest BCUT2D eigenvalue weighted by atomic mass is 10.0. The monoisotopic (exact) mass is 834 g/mol. The van der Waals surface area contributed by atoms with Gasteiger partial charge in [0.05, 0.1) is 17.9 Å². The van der Waals surface area contributed by atoms with Crippen molar-refractivity contribution in [2.75, 3.05) is 5.75 Å². The minimum absolute atomic E-state index is 0.284. The van der Waals surface area contributed by atoms with Crippen molar-refractivity contribution >= 4 is 16.0 Å². The molecule has 0 bridgehead atoms. The van der Waals surface area contributed by atoms with Crippen LogP contribution in [0.15, 0.2) is 48.6 Å². The third-order valence-electron chi connectivity index (χ3n) is 11.2. The van der Waals surface area contributed by atoms with Gasteiger partial charge >= 0.3 is 0 Å². The van der Waals surface area contributed by atoms with Crippen LogP contribution in [-0.4, -0.2) is 41.9 Å². The second-order valence-electron chi connectivity index (χ2n) is 17.1. The van der Waals surface area contributed by atoms with Crippen molar-refractivity contribution < 1.29 is 22.9 Å². The maximum absolute atomic E-state index is 12.6. The lowest BCUT2D eigenvalue weighted by Gasteiger charge is -2.21. The molecule has 0 fully saturated rings. The van der Waals surface area contributed by atoms with Crippen LogP contribution in [0.1, 0.15) is 251 Å². The molecule has 1 amide bonds. The summed E-state index contributed by atoms with van der Waals surface area (Å²) < 4.78 is 32.7. The first-order chi connectivity index (χ1) is 28.3. The molecular weight excluding hydrogens is 739 g/mol. The molecule has 0 aromatic rings. The van der Waals surface area contributed by atoms with E-state index in [1.54, 1.807) is 6.08 Å². The summed E-state index contributed by atoms with van der Waals surface area (Å²) in [5.74, 6) is -0.985. The van der Waals surface area contributed by atoms with Gasteiger partial charge in [0, 0.05) is 6.42 Å². The minimum Gasteiger partial charge on any atom is -0.387 e. The van der Waals surface area contributed by atoms with Gasteiger partial charge in [0.1, 0.15) is 0 Å². The molecule has 3 N–H and O–H groups in total. The molecule has 0 aromatic heterocycles. The summed E-state index contributed by atoms with van der Waals surface area (Å²) in [4.78, 5) is 12.6. The van der Waals surface area contributed by atoms with Crippen molar-refractivity contribution in [1.29, 1.82) is 0 Å². The number of hydrogen-bond donors (Lipinski definition) is 3. The first-order valence-electron chi connectivity index (χ1n) is 24.8. The van der Waals surface area contributed by atoms with Crippen molar-refractivity contribution in [3.63, 3.8) is 0 Å². The highest BCUT2D eigenvalue weighted by atomic mass is 32.2. The Hall–Kier alpha value is -1.70. The number of hydrogen-bond acceptors (Lipinski definition) is 4. The molecule has 340 valence electrons. The van der Waals surface area contributed by atoms with Gasteiger partial charge in [-0.05, 0) is 57.8 Å². The summed E-state index contributed by atoms with van der Waals surface area (Å²) in [6, 6.07) is -1.06. The number of aliphatic hydroxyl groups excluding tert-OH is 1. The molecule has 0 aromatic carbocycles. The maximum atomic E-state index is 12.6. The minimum atomic E-state index is -4.35. The molecule has 0 aliphatic carbocycles. The van der Waals surface area contributed by atoms with Gasteiger partial charge in [-0.25, -0.2) is 0 Å². The van der Waals surface area contributed by atoms with Gasteiger partial charge in [0.2, 0.25) is 5.91 Å². The summed E-state index contributed by atoms with van der Waals surface area (Å²) >= 11 is 0. The van der Waals surface area contributed by atoms with E-state index in [-0.39, 0.29) is 12.3 Å². The van der Waals surface area contributed by atoms with E-state index in [4.69, 9.17) is 0 Å². The van der Waals surface area contributed by atoms with Crippen molar-refractivity contribution in [2.24, 2.45) is 0 Å². The van der Waals surface area contributed by atoms with Crippen LogP contribution in [-0.2, 0) is 14.9 Å². The smallest absolute Gasteiger partial charge is 0.267 e. The van der Waals surface area contributed by atoms with Crippen LogP contribution in [0.4, 0.5) is 0 Å². The Morgan fingerprint density at radius 2 is 0.776 bits per heavy atom. The topological polar surface area (TPSA) is 104 Å². The molecular formula is C51H95NO5S. The lowest BCUT2D eigenvalue weighted by molar-refractivity contribution is -0.122. The number of aliphatic hydroxyl groups is 1. The number of rotatable bonds is 45. The van der Waals surface area contributed by atoms with Crippen molar-refractivity contribution in [3.8, 4) is 0 Å². The van der Waals surface area contributed by atoms with Crippen molar-refractivity contribution in [2.45, 2.75) is 264 Å². The second-order valence-corrected chi connectivity index (χ2v) is 18.6. The van der Waals surface area contributed by atoms with E-state index in [0.29, 0.717) is 0 Å². The van der Waals surface area contributed by atoms with E-state index in [0.717, 1.165) is 64.2 Å². The van der Waals surface area contributed by atoms with E-state index in [1.807, 2.05) is 6.08 Å². The summed E-state index contributed by atoms with van der Waals surface area (Å²) in [7, 11) is -4.35. The fourth-order valence-corrected chi connectivity index (χ4v) is 8.25. The highest BCUT2D eigenvalue weighted by Gasteiger charge is 2.24. The third kappa shape index (κ3) is 45.4. The number of allylic oxidation sites excluding steroid dienone is 7. The van der Waals surface area contributed by atoms with E-state index in [1.165, 1.54) is 167 Å². The van der Waals surface area contributed by atoms with Gasteiger partial charge in [0.15, 0.2) is 0 Å². The van der Waals surface area contributed by atoms with Crippen molar-refractivity contribution in [1.82, 2.24) is 5.32 Å². The average Bonchev–Trinajstić information content (AvgIpc) is 3.19. The van der Waals surface area contributed by atoms with Crippen LogP contribution in [0.3, 0.4) is 0 Å². The molecule has 0 radical (unpaired) electrons. The first-order valence-corrected chi connectivity index (χ1v) is 26.4. The fraction of sp³-hybridized carbons (Fsp3) is 0.824. The van der Waals surface area contributed by atoms with Gasteiger partial charge in [-0.2, -0.15) is 8.42 Å². The molecule has 0 aliphatic rings. The molecule has 0 saturated heterocycles. The van der Waals surface area contributed by atoms with Crippen LogP contribution in [0, 0.1) is 0 Å². The molecule has 0 spiro atoms. The molecule has 0 aliphatic heterocycles. The predicted molar refractivity (Wildman–Crippen MR) is 253 cm³/mol. The van der Waals surface area contributed by atoms with E-state index >= 15 is 0 Å². The van der Waals surface area contributed by atoms with Gasteiger partial charge in [-0.1, -0.05) is 236 Å². The maximum Gasteiger partial charge on any atom is 0.267 e. The quantitative estimate of drug-likeness (QED) is 0.0322. The molecule has 2 atom stereocenters. The molecule has 0 saturated carbocycles. The molecule has 0 heterocycles. The summed E-state index contributed by atoms with van der Waals surface area (Å²) in [5, 5.41) is 13.3. The van der Waals surface area contributed by atoms with Crippen LogP contribution in [0.25, 0.3) is 0 Å². The van der Waals surface area contributed by atoms with Crippen molar-refractivity contribution in [3.05, 3.63) is 48.6 Å². The Kier molecular flexibility index (Phi) is 43.5. The Labute approximate surface area is 360 Å². The van der Waals surface area contributed by atoms with E-state index < -0.39 is 28.0 Å². The zero-order valence-electron chi connectivity index (χ0n) is 38.2. The Balaban J connectivity index is 3.84. The molecule has 6 nitrogen and oxygen atoms in total. The van der Waals surface area contributed by atoms with Gasteiger partial charge in [0.25, 0.3) is 10.1 Å². The zero-order chi connectivity index (χ0) is 42.5. The average molecular weight is 834 g/mol. The molecule has 58 heavy (non-hydrogen) atoms. The summed E-state index contributed by atoms with van der Waals surface area (Å²) in [6.07, 6.45) is 61.1. The fourth-order valence-electron chi connectivity index (χ4n) is 7.52. The number of carbonyl (C=O) groups is 1. The summed E-state index contributed by atoms with van der Waals surface area (Å²) in [6.45, 7) is 4.54. The van der Waals surface area contributed by atoms with E-state index in [2.05, 4.69) is 55.6 Å². The highest BCUT2D eigenvalue weighted by Crippen LogP contribution is 2.16. The SMILES string of the molecule is CCCCCCC/C=C\C/C=C\C/C=C\CCCCCCCCCCC(=O)NC(CS(=O)(=O)O)C(O)/C=C/CCCCCCCCCCCCCCCCCCCC. The largest absolute Gasteiger partial charge is 0.387 e. The van der Waals surface area contributed by atoms with Gasteiger partial charge in [-0.15, -0.1) is 0 Å². The molecule has 2 unspecified atom stereocenters. The van der Waals surface area contributed by atoms with Gasteiger partial charge < -0.3 is 10.4 Å². The summed E-state index contributed by atoms with van der Waals surface area (Å²) in [5.41, 5.74) is 0. The Morgan fingerprint density at radius 1 is 0.466 bits per heavy atom. The molecule has 0 rings (SSSR count). The number of carbonyl (C=O) groups excluding carboxylic acids is 1. The Morgan fingerprint density at radius 3 is 1.14 bits per heavy atom. The number of amides is 1. The normalized spacial score (nSPS) is 13.5. The number of unbranched alkanes of at least 4 members (excludes halogenated alkanes) is 31. The standard InChI is InChI=1S/C51H95NO5S/c1-3-5-7-9-11-13-15-17-19-21-23-25-26-27-29-31-33-35-37-39-41-43-45-47-51(54)52-49(48-58(55,56)57)50(53)46-44-42-40-38-36-34-32-30-28-24-22-20-18-16-14-12-10-8-6-4-2/h15,17,21,23,26-27,44,46,49-50,53H,3-14,16,18-20,22,24-25,28-43,45,47-48H2,1-2H3,(H,52,54)(H,55,56,57)/b17-15-,23-21-,27-26-,46-44+. The number of nitrogens with one attached hydrogen (secondary N) is 1. The first kappa shape index (κ1) is 56.3. The zero-order valence-corrected chi connectivity index (χ0v) is 39.0. The Bertz CT molecular complexity index is 1100. The second kappa shape index (κ2) is 44.8. The predicted octanol–water partition coefficient (Wildman–Crippen LogP) is 15.4.